The number of benzene rings is 1. The maximum atomic E-state index is 2.53. The fraction of sp³-hybridized carbons (Fsp3) is 0.389. The van der Waals surface area contributed by atoms with Crippen LogP contribution in [0.1, 0.15) is 31.2 Å². The van der Waals surface area contributed by atoms with E-state index in [0.29, 0.717) is 0 Å². The highest BCUT2D eigenvalue weighted by Gasteiger charge is 2.11. The highest BCUT2D eigenvalue weighted by molar-refractivity contribution is 5.43. The zero-order valence-electron chi connectivity index (χ0n) is 12.0. The fourth-order valence-electron chi connectivity index (χ4n) is 2.89. The first-order chi connectivity index (χ1) is 9.92. The van der Waals surface area contributed by atoms with E-state index in [1.807, 2.05) is 0 Å². The first kappa shape index (κ1) is 13.2. The lowest BCUT2D eigenvalue weighted by Gasteiger charge is -2.21. The lowest BCUT2D eigenvalue weighted by atomic mass is 10.2. The number of nitrogens with zero attached hydrogens (tertiary/aromatic N) is 2. The van der Waals surface area contributed by atoms with Crippen LogP contribution in [0.5, 0.6) is 0 Å². The Morgan fingerprint density at radius 3 is 2.10 bits per heavy atom. The maximum absolute atomic E-state index is 2.53. The van der Waals surface area contributed by atoms with Crippen LogP contribution < -0.4 is 9.47 Å². The number of hydrogen-bond donors (Lipinski definition) is 0. The summed E-state index contributed by atoms with van der Waals surface area (Å²) in [6.07, 6.45) is 9.84. The summed E-state index contributed by atoms with van der Waals surface area (Å²) in [6.45, 7) is 3.37. The van der Waals surface area contributed by atoms with Gasteiger partial charge < -0.3 is 4.90 Å². The van der Waals surface area contributed by atoms with E-state index in [1.165, 1.54) is 50.0 Å². The van der Waals surface area contributed by atoms with Crippen molar-refractivity contribution in [2.24, 2.45) is 0 Å². The zero-order chi connectivity index (χ0) is 13.6. The summed E-state index contributed by atoms with van der Waals surface area (Å²) in [5, 5.41) is 0. The second-order valence-electron chi connectivity index (χ2n) is 5.62. The Kier molecular flexibility index (Phi) is 4.32. The van der Waals surface area contributed by atoms with Gasteiger partial charge in [0, 0.05) is 36.5 Å². The zero-order valence-corrected chi connectivity index (χ0v) is 12.0. The molecule has 0 bridgehead atoms. The predicted octanol–water partition coefficient (Wildman–Crippen LogP) is 3.40. The Hall–Kier alpha value is -1.83. The van der Waals surface area contributed by atoms with E-state index in [9.17, 15) is 0 Å². The molecule has 0 unspecified atom stereocenters. The quantitative estimate of drug-likeness (QED) is 0.773. The van der Waals surface area contributed by atoms with Gasteiger partial charge in [0.05, 0.1) is 0 Å². The van der Waals surface area contributed by atoms with Crippen LogP contribution in [0.3, 0.4) is 0 Å². The largest absolute Gasteiger partial charge is 0.371 e. The summed E-state index contributed by atoms with van der Waals surface area (Å²) < 4.78 is 2.25. The molecular formula is C18H23N2+. The molecule has 3 rings (SSSR count). The van der Waals surface area contributed by atoms with Crippen molar-refractivity contribution in [2.75, 3.05) is 18.0 Å². The molecule has 20 heavy (non-hydrogen) atoms. The van der Waals surface area contributed by atoms with E-state index < -0.39 is 0 Å². The van der Waals surface area contributed by atoms with Crippen molar-refractivity contribution in [3.63, 3.8) is 0 Å². The van der Waals surface area contributed by atoms with Gasteiger partial charge in [-0.1, -0.05) is 43.2 Å². The molecule has 0 N–H and O–H groups in total. The van der Waals surface area contributed by atoms with Crippen LogP contribution in [0.4, 0.5) is 5.69 Å². The summed E-state index contributed by atoms with van der Waals surface area (Å²) in [6, 6.07) is 15.1. The van der Waals surface area contributed by atoms with Gasteiger partial charge in [-0.15, -0.1) is 0 Å². The van der Waals surface area contributed by atoms with Gasteiger partial charge in [0.1, 0.15) is 0 Å². The van der Waals surface area contributed by atoms with Crippen molar-refractivity contribution in [1.29, 1.82) is 0 Å². The molecule has 1 saturated heterocycles. The summed E-state index contributed by atoms with van der Waals surface area (Å²) in [4.78, 5) is 2.53. The minimum absolute atomic E-state index is 0.946. The summed E-state index contributed by atoms with van der Waals surface area (Å²) in [5.41, 5.74) is 2.72. The molecule has 1 fully saturated rings. The number of aromatic nitrogens is 1. The molecule has 1 aromatic heterocycles. The van der Waals surface area contributed by atoms with Crippen LogP contribution in [0.2, 0.25) is 0 Å². The van der Waals surface area contributed by atoms with Gasteiger partial charge in [-0.05, 0) is 12.8 Å². The monoisotopic (exact) mass is 267 g/mol. The van der Waals surface area contributed by atoms with Gasteiger partial charge in [0.2, 0.25) is 0 Å². The molecule has 0 radical (unpaired) electrons. The maximum Gasteiger partial charge on any atom is 0.173 e. The standard InChI is InChI=1S/C18H23N2/c1-2-7-13-20(12-6-1)18-10-14-19(15-11-18)16-17-8-4-3-5-9-17/h3-5,8-11,14-15H,1-2,6-7,12-13,16H2/q+1. The molecule has 104 valence electrons. The minimum atomic E-state index is 0.946. The average molecular weight is 267 g/mol. The van der Waals surface area contributed by atoms with Crippen LogP contribution >= 0.6 is 0 Å². The first-order valence-corrected chi connectivity index (χ1v) is 7.70. The van der Waals surface area contributed by atoms with Crippen molar-refractivity contribution in [3.05, 3.63) is 60.4 Å². The second-order valence-corrected chi connectivity index (χ2v) is 5.62. The molecule has 2 aromatic rings. The molecule has 1 aliphatic rings. The van der Waals surface area contributed by atoms with Gasteiger partial charge in [-0.2, -0.15) is 0 Å². The SMILES string of the molecule is c1ccc(C[n+]2ccc(N3CCCCCC3)cc2)cc1. The van der Waals surface area contributed by atoms with Crippen LogP contribution in [0.15, 0.2) is 54.9 Å². The lowest BCUT2D eigenvalue weighted by molar-refractivity contribution is -0.688. The third-order valence-electron chi connectivity index (χ3n) is 4.05. The highest BCUT2D eigenvalue weighted by atomic mass is 15.1. The van der Waals surface area contributed by atoms with E-state index in [4.69, 9.17) is 0 Å². The Bertz CT molecular complexity index is 511. The van der Waals surface area contributed by atoms with Crippen molar-refractivity contribution in [3.8, 4) is 0 Å². The molecule has 0 amide bonds. The van der Waals surface area contributed by atoms with Gasteiger partial charge in [0.15, 0.2) is 18.9 Å². The molecule has 0 spiro atoms. The third kappa shape index (κ3) is 3.38. The van der Waals surface area contributed by atoms with Crippen molar-refractivity contribution >= 4 is 5.69 Å². The van der Waals surface area contributed by atoms with Gasteiger partial charge >= 0.3 is 0 Å². The summed E-state index contributed by atoms with van der Waals surface area (Å²) in [5.74, 6) is 0. The van der Waals surface area contributed by atoms with E-state index in [0.717, 1.165) is 6.54 Å². The van der Waals surface area contributed by atoms with Gasteiger partial charge in [-0.3, -0.25) is 0 Å². The van der Waals surface area contributed by atoms with Gasteiger partial charge in [-0.25, -0.2) is 4.57 Å². The highest BCUT2D eigenvalue weighted by Crippen LogP contribution is 2.17. The molecule has 1 aliphatic heterocycles. The first-order valence-electron chi connectivity index (χ1n) is 7.70. The van der Waals surface area contributed by atoms with Crippen molar-refractivity contribution in [2.45, 2.75) is 32.2 Å². The number of pyridine rings is 1. The average Bonchev–Trinajstić information content (AvgIpc) is 2.78. The smallest absolute Gasteiger partial charge is 0.173 e. The van der Waals surface area contributed by atoms with E-state index >= 15 is 0 Å². The Morgan fingerprint density at radius 1 is 0.800 bits per heavy atom. The minimum Gasteiger partial charge on any atom is -0.371 e. The molecule has 2 heteroatoms. The molecule has 0 saturated carbocycles. The van der Waals surface area contributed by atoms with Crippen LogP contribution in [-0.2, 0) is 6.54 Å². The molecule has 2 nitrogen and oxygen atoms in total. The number of anilines is 1. The summed E-state index contributed by atoms with van der Waals surface area (Å²) >= 11 is 0. The van der Waals surface area contributed by atoms with Gasteiger partial charge in [0.25, 0.3) is 0 Å². The summed E-state index contributed by atoms with van der Waals surface area (Å²) in [7, 11) is 0. The Labute approximate surface area is 121 Å². The molecule has 2 heterocycles. The molecule has 0 aliphatic carbocycles. The van der Waals surface area contributed by atoms with E-state index in [1.54, 1.807) is 0 Å². The van der Waals surface area contributed by atoms with Crippen LogP contribution in [0, 0.1) is 0 Å². The fourth-order valence-corrected chi connectivity index (χ4v) is 2.89. The molecular weight excluding hydrogens is 244 g/mol. The van der Waals surface area contributed by atoms with E-state index in [2.05, 4.69) is 64.3 Å². The predicted molar refractivity (Wildman–Crippen MR) is 82.9 cm³/mol. The molecule has 1 aromatic carbocycles. The van der Waals surface area contributed by atoms with Crippen LogP contribution in [0.25, 0.3) is 0 Å². The number of rotatable bonds is 3. The normalized spacial score (nSPS) is 15.9. The Morgan fingerprint density at radius 2 is 1.45 bits per heavy atom. The van der Waals surface area contributed by atoms with Crippen molar-refractivity contribution in [1.82, 2.24) is 0 Å². The third-order valence-corrected chi connectivity index (χ3v) is 4.05. The molecule has 0 atom stereocenters. The second kappa shape index (κ2) is 6.56. The number of hydrogen-bond acceptors (Lipinski definition) is 1. The van der Waals surface area contributed by atoms with Crippen molar-refractivity contribution < 1.29 is 4.57 Å². The van der Waals surface area contributed by atoms with E-state index in [-0.39, 0.29) is 0 Å². The Balaban J connectivity index is 1.67. The van der Waals surface area contributed by atoms with Crippen LogP contribution in [-0.4, -0.2) is 13.1 Å². The lowest BCUT2D eigenvalue weighted by Crippen LogP contribution is -2.34. The topological polar surface area (TPSA) is 7.12 Å².